The first-order chi connectivity index (χ1) is 13.7. The number of hydrogen-bond acceptors (Lipinski definition) is 3. The minimum Gasteiger partial charge on any atom is -0.497 e. The van der Waals surface area contributed by atoms with Crippen molar-refractivity contribution in [1.82, 2.24) is 0 Å². The average Bonchev–Trinajstić information content (AvgIpc) is 3.15. The Bertz CT molecular complexity index is 738. The van der Waals surface area contributed by atoms with E-state index in [9.17, 15) is 4.79 Å². The second kappa shape index (κ2) is 9.95. The van der Waals surface area contributed by atoms with E-state index in [1.807, 2.05) is 18.2 Å². The molecule has 3 heteroatoms. The highest BCUT2D eigenvalue weighted by Crippen LogP contribution is 2.42. The lowest BCUT2D eigenvalue weighted by atomic mass is 9.77. The number of ether oxygens (including phenoxy) is 2. The number of carbonyl (C=O) groups is 1. The summed E-state index contributed by atoms with van der Waals surface area (Å²) in [6.07, 6.45) is 14.5. The van der Waals surface area contributed by atoms with Gasteiger partial charge < -0.3 is 9.47 Å². The SMILES string of the molecule is CCC1C(CCC(=O)Cc2cc(OC)ccc2OC)=CC=C1C1CCCCC1. The molecule has 0 amide bonds. The van der Waals surface area contributed by atoms with Crippen LogP contribution in [0.3, 0.4) is 0 Å². The van der Waals surface area contributed by atoms with E-state index in [0.717, 1.165) is 35.8 Å². The van der Waals surface area contributed by atoms with Gasteiger partial charge in [-0.3, -0.25) is 4.79 Å². The van der Waals surface area contributed by atoms with Crippen molar-refractivity contribution in [2.75, 3.05) is 14.2 Å². The van der Waals surface area contributed by atoms with E-state index in [4.69, 9.17) is 9.47 Å². The van der Waals surface area contributed by atoms with E-state index in [1.165, 1.54) is 37.7 Å². The predicted molar refractivity (Wildman–Crippen MR) is 114 cm³/mol. The highest BCUT2D eigenvalue weighted by molar-refractivity contribution is 5.82. The summed E-state index contributed by atoms with van der Waals surface area (Å²) in [5, 5.41) is 0. The number of methoxy groups -OCH3 is 2. The number of carbonyl (C=O) groups excluding carboxylic acids is 1. The molecule has 1 fully saturated rings. The van der Waals surface area contributed by atoms with E-state index in [1.54, 1.807) is 19.8 Å². The van der Waals surface area contributed by atoms with Crippen LogP contribution in [0.1, 0.15) is 63.9 Å². The fourth-order valence-corrected chi connectivity index (χ4v) is 4.87. The molecule has 0 bridgehead atoms. The Morgan fingerprint density at radius 3 is 2.54 bits per heavy atom. The van der Waals surface area contributed by atoms with Crippen LogP contribution in [0.2, 0.25) is 0 Å². The van der Waals surface area contributed by atoms with Crippen LogP contribution in [0, 0.1) is 11.8 Å². The Morgan fingerprint density at radius 2 is 1.86 bits per heavy atom. The first-order valence-electron chi connectivity index (χ1n) is 10.8. The smallest absolute Gasteiger partial charge is 0.137 e. The standard InChI is InChI=1S/C25H34O3/c1-4-23-19(11-14-24(23)18-8-6-5-7-9-18)10-12-21(26)16-20-17-22(27-2)13-15-25(20)28-3/h11,13-15,17-18,23H,4-10,12,16H2,1-3H3. The maximum absolute atomic E-state index is 12.7. The number of ketones is 1. The molecule has 1 aromatic rings. The van der Waals surface area contributed by atoms with Crippen LogP contribution in [0.4, 0.5) is 0 Å². The molecule has 0 N–H and O–H groups in total. The summed E-state index contributed by atoms with van der Waals surface area (Å²) < 4.78 is 10.7. The van der Waals surface area contributed by atoms with Crippen LogP contribution in [-0.2, 0) is 11.2 Å². The van der Waals surface area contributed by atoms with Crippen LogP contribution < -0.4 is 9.47 Å². The molecule has 0 saturated heterocycles. The maximum Gasteiger partial charge on any atom is 0.137 e. The van der Waals surface area contributed by atoms with Crippen molar-refractivity contribution in [3.05, 3.63) is 47.1 Å². The van der Waals surface area contributed by atoms with Crippen LogP contribution >= 0.6 is 0 Å². The Morgan fingerprint density at radius 1 is 1.07 bits per heavy atom. The van der Waals surface area contributed by atoms with Crippen LogP contribution in [0.25, 0.3) is 0 Å². The quantitative estimate of drug-likeness (QED) is 0.520. The molecule has 1 unspecified atom stereocenters. The molecule has 1 aromatic carbocycles. The largest absolute Gasteiger partial charge is 0.497 e. The number of hydrogen-bond donors (Lipinski definition) is 0. The van der Waals surface area contributed by atoms with Gasteiger partial charge in [0.25, 0.3) is 0 Å². The van der Waals surface area contributed by atoms with E-state index < -0.39 is 0 Å². The second-order valence-electron chi connectivity index (χ2n) is 8.10. The summed E-state index contributed by atoms with van der Waals surface area (Å²) in [7, 11) is 3.28. The lowest BCUT2D eigenvalue weighted by Crippen LogP contribution is -2.16. The summed E-state index contributed by atoms with van der Waals surface area (Å²) in [5.41, 5.74) is 3.99. The van der Waals surface area contributed by atoms with Crippen molar-refractivity contribution in [2.45, 2.75) is 64.7 Å². The lowest BCUT2D eigenvalue weighted by molar-refractivity contribution is -0.118. The lowest BCUT2D eigenvalue weighted by Gasteiger charge is -2.28. The molecule has 3 nitrogen and oxygen atoms in total. The zero-order valence-corrected chi connectivity index (χ0v) is 17.6. The van der Waals surface area contributed by atoms with Crippen LogP contribution in [0.5, 0.6) is 11.5 Å². The predicted octanol–water partition coefficient (Wildman–Crippen LogP) is 6.07. The van der Waals surface area contributed by atoms with Gasteiger partial charge in [0.05, 0.1) is 14.2 Å². The summed E-state index contributed by atoms with van der Waals surface area (Å²) in [4.78, 5) is 12.7. The minimum atomic E-state index is 0.258. The monoisotopic (exact) mass is 382 g/mol. The number of benzene rings is 1. The Balaban J connectivity index is 1.56. The summed E-state index contributed by atoms with van der Waals surface area (Å²) in [6.45, 7) is 2.28. The summed E-state index contributed by atoms with van der Waals surface area (Å²) in [6, 6.07) is 5.64. The molecule has 1 atom stereocenters. The van der Waals surface area contributed by atoms with Crippen molar-refractivity contribution in [3.8, 4) is 11.5 Å². The molecular weight excluding hydrogens is 348 g/mol. The molecule has 0 aliphatic heterocycles. The fraction of sp³-hybridized carbons (Fsp3) is 0.560. The van der Waals surface area contributed by atoms with Crippen molar-refractivity contribution < 1.29 is 14.3 Å². The second-order valence-corrected chi connectivity index (χ2v) is 8.10. The van der Waals surface area contributed by atoms with Crippen LogP contribution in [0.15, 0.2) is 41.5 Å². The number of rotatable bonds is 9. The van der Waals surface area contributed by atoms with Gasteiger partial charge in [0.2, 0.25) is 0 Å². The van der Waals surface area contributed by atoms with Gasteiger partial charge in [0.15, 0.2) is 0 Å². The van der Waals surface area contributed by atoms with E-state index in [-0.39, 0.29) is 5.78 Å². The topological polar surface area (TPSA) is 35.5 Å². The highest BCUT2D eigenvalue weighted by atomic mass is 16.5. The summed E-state index contributed by atoms with van der Waals surface area (Å²) in [5.74, 6) is 3.09. The third kappa shape index (κ3) is 4.87. The van der Waals surface area contributed by atoms with Gasteiger partial charge in [-0.15, -0.1) is 0 Å². The van der Waals surface area contributed by atoms with Crippen molar-refractivity contribution in [2.24, 2.45) is 11.8 Å². The first-order valence-corrected chi connectivity index (χ1v) is 10.8. The van der Waals surface area contributed by atoms with Gasteiger partial charge in [-0.25, -0.2) is 0 Å². The van der Waals surface area contributed by atoms with Gasteiger partial charge in [0, 0.05) is 24.3 Å². The van der Waals surface area contributed by atoms with E-state index >= 15 is 0 Å². The summed E-state index contributed by atoms with van der Waals surface area (Å²) >= 11 is 0. The van der Waals surface area contributed by atoms with Gasteiger partial charge >= 0.3 is 0 Å². The number of allylic oxidation sites excluding steroid dienone is 4. The molecule has 0 aromatic heterocycles. The molecule has 2 aliphatic carbocycles. The Labute approximate surface area is 169 Å². The zero-order chi connectivity index (χ0) is 19.9. The van der Waals surface area contributed by atoms with Crippen molar-refractivity contribution >= 4 is 5.78 Å². The molecule has 0 heterocycles. The fourth-order valence-electron chi connectivity index (χ4n) is 4.87. The first kappa shape index (κ1) is 20.7. The van der Waals surface area contributed by atoms with Crippen molar-refractivity contribution in [1.29, 1.82) is 0 Å². The average molecular weight is 383 g/mol. The Kier molecular flexibility index (Phi) is 7.36. The van der Waals surface area contributed by atoms with Gasteiger partial charge in [-0.05, 0) is 49.8 Å². The molecule has 1 saturated carbocycles. The third-order valence-electron chi connectivity index (χ3n) is 6.39. The molecule has 3 rings (SSSR count). The molecule has 28 heavy (non-hydrogen) atoms. The maximum atomic E-state index is 12.7. The van der Waals surface area contributed by atoms with Crippen LogP contribution in [-0.4, -0.2) is 20.0 Å². The van der Waals surface area contributed by atoms with E-state index in [0.29, 0.717) is 18.8 Å². The zero-order valence-electron chi connectivity index (χ0n) is 17.6. The van der Waals surface area contributed by atoms with Crippen molar-refractivity contribution in [3.63, 3.8) is 0 Å². The van der Waals surface area contributed by atoms with Gasteiger partial charge in [-0.2, -0.15) is 0 Å². The van der Waals surface area contributed by atoms with E-state index in [2.05, 4.69) is 19.1 Å². The van der Waals surface area contributed by atoms with Gasteiger partial charge in [0.1, 0.15) is 17.3 Å². The minimum absolute atomic E-state index is 0.258. The van der Waals surface area contributed by atoms with Gasteiger partial charge in [-0.1, -0.05) is 49.5 Å². The molecule has 0 radical (unpaired) electrons. The highest BCUT2D eigenvalue weighted by Gasteiger charge is 2.28. The third-order valence-corrected chi connectivity index (χ3v) is 6.39. The molecule has 2 aliphatic rings. The molecular formula is C25H34O3. The number of Topliss-reactive ketones (excluding diaryl/α,β-unsaturated/α-hetero) is 1. The molecule has 0 spiro atoms. The molecule has 152 valence electrons. The Hall–Kier alpha value is -2.03. The normalized spacial score (nSPS) is 19.9.